The smallest absolute Gasteiger partial charge is 0.0448 e. The van der Waals surface area contributed by atoms with Crippen LogP contribution in [0.1, 0.15) is 25.8 Å². The normalized spacial score (nSPS) is 23.2. The fourth-order valence-electron chi connectivity index (χ4n) is 3.41. The monoisotopic (exact) mass is 254 g/mol. The minimum atomic E-state index is 0.604. The van der Waals surface area contributed by atoms with E-state index < -0.39 is 0 Å². The molecule has 0 amide bonds. The van der Waals surface area contributed by atoms with Crippen molar-refractivity contribution in [3.63, 3.8) is 0 Å². The van der Waals surface area contributed by atoms with Crippen LogP contribution in [0.3, 0.4) is 0 Å². The first kappa shape index (κ1) is 12.5. The number of nitrogens with zero attached hydrogens (tertiary/aromatic N) is 1. The largest absolute Gasteiger partial charge is 0.368 e. The van der Waals surface area contributed by atoms with Crippen molar-refractivity contribution in [3.05, 3.63) is 42.0 Å². The molecule has 1 fully saturated rings. The first-order valence-electron chi connectivity index (χ1n) is 7.18. The van der Waals surface area contributed by atoms with E-state index in [1.165, 1.54) is 28.4 Å². The second kappa shape index (κ2) is 4.86. The molecule has 1 aliphatic heterocycles. The summed E-state index contributed by atoms with van der Waals surface area (Å²) >= 11 is 0. The minimum absolute atomic E-state index is 0.604. The highest BCUT2D eigenvalue weighted by Gasteiger charge is 2.27. The highest BCUT2D eigenvalue weighted by molar-refractivity contribution is 5.96. The van der Waals surface area contributed by atoms with E-state index in [0.717, 1.165) is 12.5 Å². The summed E-state index contributed by atoms with van der Waals surface area (Å²) in [5.74, 6) is 0.781. The van der Waals surface area contributed by atoms with E-state index in [1.54, 1.807) is 0 Å². The van der Waals surface area contributed by atoms with Gasteiger partial charge in [0.2, 0.25) is 0 Å². The average Bonchev–Trinajstić information content (AvgIpc) is 2.76. The Hall–Kier alpha value is -1.54. The summed E-state index contributed by atoms with van der Waals surface area (Å²) in [6.07, 6.45) is 1.28. The number of fused-ring (bicyclic) bond motifs is 1. The van der Waals surface area contributed by atoms with Gasteiger partial charge in [-0.15, -0.1) is 0 Å². The zero-order chi connectivity index (χ0) is 13.4. The standard InChI is InChI=1S/C17H22N2/c1-12-9-13(2)19(11-12)17-8-7-14(10-18)15-5-3-4-6-16(15)17/h3-8,12-13H,9-11,18H2,1-2H3. The highest BCUT2D eigenvalue weighted by Crippen LogP contribution is 2.35. The van der Waals surface area contributed by atoms with Crippen molar-refractivity contribution in [1.29, 1.82) is 0 Å². The second-order valence-electron chi connectivity index (χ2n) is 5.84. The number of hydrogen-bond donors (Lipinski definition) is 1. The van der Waals surface area contributed by atoms with Gasteiger partial charge in [0.25, 0.3) is 0 Å². The van der Waals surface area contributed by atoms with Gasteiger partial charge in [0, 0.05) is 30.2 Å². The molecule has 1 aliphatic rings. The zero-order valence-corrected chi connectivity index (χ0v) is 11.8. The van der Waals surface area contributed by atoms with Gasteiger partial charge >= 0.3 is 0 Å². The van der Waals surface area contributed by atoms with Crippen LogP contribution in [0.2, 0.25) is 0 Å². The third kappa shape index (κ3) is 2.10. The van der Waals surface area contributed by atoms with Crippen molar-refractivity contribution in [2.24, 2.45) is 11.7 Å². The van der Waals surface area contributed by atoms with Crippen molar-refractivity contribution >= 4 is 16.5 Å². The van der Waals surface area contributed by atoms with E-state index in [9.17, 15) is 0 Å². The summed E-state index contributed by atoms with van der Waals surface area (Å²) in [5.41, 5.74) is 8.46. The molecule has 100 valence electrons. The van der Waals surface area contributed by atoms with E-state index in [1.807, 2.05) is 0 Å². The van der Waals surface area contributed by atoms with Gasteiger partial charge in [0.05, 0.1) is 0 Å². The molecule has 2 heteroatoms. The van der Waals surface area contributed by atoms with Crippen LogP contribution in [0.5, 0.6) is 0 Å². The molecule has 2 nitrogen and oxygen atoms in total. The molecular weight excluding hydrogens is 232 g/mol. The molecule has 1 saturated heterocycles. The molecule has 2 aromatic rings. The summed E-state index contributed by atoms with van der Waals surface area (Å²) in [7, 11) is 0. The zero-order valence-electron chi connectivity index (χ0n) is 11.8. The average molecular weight is 254 g/mol. The molecule has 0 spiro atoms. The van der Waals surface area contributed by atoms with Crippen LogP contribution in [0.4, 0.5) is 5.69 Å². The van der Waals surface area contributed by atoms with E-state index in [4.69, 9.17) is 5.73 Å². The molecule has 0 aromatic heterocycles. The molecule has 3 rings (SSSR count). The van der Waals surface area contributed by atoms with Crippen LogP contribution in [0.25, 0.3) is 10.8 Å². The Bertz CT molecular complexity index is 591. The van der Waals surface area contributed by atoms with Crippen LogP contribution >= 0.6 is 0 Å². The van der Waals surface area contributed by atoms with Crippen molar-refractivity contribution in [1.82, 2.24) is 0 Å². The molecular formula is C17H22N2. The molecule has 0 bridgehead atoms. The Kier molecular flexibility index (Phi) is 3.19. The van der Waals surface area contributed by atoms with Crippen LogP contribution < -0.4 is 10.6 Å². The fraction of sp³-hybridized carbons (Fsp3) is 0.412. The molecule has 0 saturated carbocycles. The second-order valence-corrected chi connectivity index (χ2v) is 5.84. The Morgan fingerprint density at radius 3 is 2.47 bits per heavy atom. The van der Waals surface area contributed by atoms with Crippen LogP contribution in [-0.2, 0) is 6.54 Å². The fourth-order valence-corrected chi connectivity index (χ4v) is 3.41. The van der Waals surface area contributed by atoms with Crippen LogP contribution in [0.15, 0.2) is 36.4 Å². The van der Waals surface area contributed by atoms with Gasteiger partial charge in [-0.1, -0.05) is 37.3 Å². The van der Waals surface area contributed by atoms with E-state index in [2.05, 4.69) is 55.1 Å². The van der Waals surface area contributed by atoms with Gasteiger partial charge in [0.15, 0.2) is 0 Å². The van der Waals surface area contributed by atoms with Crippen molar-refractivity contribution in [3.8, 4) is 0 Å². The maximum absolute atomic E-state index is 5.86. The van der Waals surface area contributed by atoms with E-state index >= 15 is 0 Å². The topological polar surface area (TPSA) is 29.3 Å². The van der Waals surface area contributed by atoms with Gasteiger partial charge in [-0.3, -0.25) is 0 Å². The summed E-state index contributed by atoms with van der Waals surface area (Å²) in [5, 5.41) is 2.64. The van der Waals surface area contributed by atoms with Gasteiger partial charge < -0.3 is 10.6 Å². The summed E-state index contributed by atoms with van der Waals surface area (Å²) in [6, 6.07) is 13.7. The molecule has 2 aromatic carbocycles. The SMILES string of the molecule is CC1CC(C)N(c2ccc(CN)c3ccccc23)C1. The summed E-state index contributed by atoms with van der Waals surface area (Å²) in [4.78, 5) is 2.55. The first-order valence-corrected chi connectivity index (χ1v) is 7.18. The van der Waals surface area contributed by atoms with Gasteiger partial charge in [-0.05, 0) is 36.3 Å². The van der Waals surface area contributed by atoms with Crippen LogP contribution in [0, 0.1) is 5.92 Å². The number of rotatable bonds is 2. The molecule has 2 unspecified atom stereocenters. The Balaban J connectivity index is 2.15. The lowest BCUT2D eigenvalue weighted by molar-refractivity contribution is 0.625. The van der Waals surface area contributed by atoms with Gasteiger partial charge in [-0.25, -0.2) is 0 Å². The predicted octanol–water partition coefficient (Wildman–Crippen LogP) is 3.53. The molecule has 0 radical (unpaired) electrons. The summed E-state index contributed by atoms with van der Waals surface area (Å²) < 4.78 is 0. The lowest BCUT2D eigenvalue weighted by Gasteiger charge is -2.26. The molecule has 2 atom stereocenters. The van der Waals surface area contributed by atoms with Crippen molar-refractivity contribution < 1.29 is 0 Å². The van der Waals surface area contributed by atoms with E-state index in [0.29, 0.717) is 12.6 Å². The van der Waals surface area contributed by atoms with Gasteiger partial charge in [-0.2, -0.15) is 0 Å². The Morgan fingerprint density at radius 1 is 1.11 bits per heavy atom. The van der Waals surface area contributed by atoms with Crippen molar-refractivity contribution in [2.45, 2.75) is 32.9 Å². The van der Waals surface area contributed by atoms with Gasteiger partial charge in [0.1, 0.15) is 0 Å². The first-order chi connectivity index (χ1) is 9.20. The maximum Gasteiger partial charge on any atom is 0.0448 e. The number of anilines is 1. The minimum Gasteiger partial charge on any atom is -0.368 e. The van der Waals surface area contributed by atoms with E-state index in [-0.39, 0.29) is 0 Å². The van der Waals surface area contributed by atoms with Crippen molar-refractivity contribution in [2.75, 3.05) is 11.4 Å². The quantitative estimate of drug-likeness (QED) is 0.888. The number of nitrogens with two attached hydrogens (primary N) is 1. The third-order valence-corrected chi connectivity index (χ3v) is 4.30. The molecule has 2 N–H and O–H groups in total. The Labute approximate surface area is 115 Å². The third-order valence-electron chi connectivity index (χ3n) is 4.30. The van der Waals surface area contributed by atoms with Crippen LogP contribution in [-0.4, -0.2) is 12.6 Å². The summed E-state index contributed by atoms with van der Waals surface area (Å²) in [6.45, 7) is 6.43. The molecule has 0 aliphatic carbocycles. The molecule has 1 heterocycles. The lowest BCUT2D eigenvalue weighted by atomic mass is 10.0. The highest BCUT2D eigenvalue weighted by atomic mass is 15.2. The predicted molar refractivity (Wildman–Crippen MR) is 82.4 cm³/mol. The molecule has 19 heavy (non-hydrogen) atoms. The Morgan fingerprint density at radius 2 is 1.84 bits per heavy atom. The number of hydrogen-bond acceptors (Lipinski definition) is 2. The lowest BCUT2D eigenvalue weighted by Crippen LogP contribution is -2.26. The number of benzene rings is 2. The maximum atomic E-state index is 5.86.